The molecule has 0 bridgehead atoms. The third-order valence-corrected chi connectivity index (χ3v) is 11.1. The summed E-state index contributed by atoms with van der Waals surface area (Å²) < 4.78 is 9.38. The molecule has 1 aliphatic carbocycles. The van der Waals surface area contributed by atoms with Crippen LogP contribution in [-0.4, -0.2) is 4.57 Å². The molecular weight excluding hydrogens is 619 g/mol. The molecule has 0 N–H and O–H groups in total. The lowest BCUT2D eigenvalue weighted by Gasteiger charge is -2.33. The highest BCUT2D eigenvalue weighted by molar-refractivity contribution is 6.14. The Bertz CT molecular complexity index is 2910. The molecule has 0 saturated heterocycles. The molecule has 238 valence electrons. The summed E-state index contributed by atoms with van der Waals surface area (Å²) in [5, 5.41) is 4.75. The quantitative estimate of drug-likeness (QED) is 0.186. The van der Waals surface area contributed by atoms with Gasteiger partial charge in [-0.2, -0.15) is 0 Å². The molecule has 0 aliphatic heterocycles. The van der Waals surface area contributed by atoms with Gasteiger partial charge < -0.3 is 8.98 Å². The first kappa shape index (κ1) is 28.2. The van der Waals surface area contributed by atoms with Crippen molar-refractivity contribution < 1.29 is 4.42 Å². The van der Waals surface area contributed by atoms with Gasteiger partial charge in [0.2, 0.25) is 0 Å². The van der Waals surface area contributed by atoms with Crippen molar-refractivity contribution in [2.75, 3.05) is 0 Å². The van der Waals surface area contributed by atoms with Crippen molar-refractivity contribution in [3.63, 3.8) is 0 Å². The number of rotatable bonds is 4. The van der Waals surface area contributed by atoms with E-state index in [0.717, 1.165) is 38.8 Å². The molecule has 0 unspecified atom stereocenters. The van der Waals surface area contributed by atoms with E-state index in [9.17, 15) is 0 Å². The molecule has 8 aromatic carbocycles. The zero-order valence-electron chi connectivity index (χ0n) is 27.8. The zero-order valence-corrected chi connectivity index (χ0v) is 27.8. The second kappa shape index (κ2) is 10.7. The van der Waals surface area contributed by atoms with Gasteiger partial charge in [-0.15, -0.1) is 0 Å². The van der Waals surface area contributed by atoms with Crippen molar-refractivity contribution in [1.29, 1.82) is 0 Å². The first-order chi connectivity index (χ1) is 25.3. The van der Waals surface area contributed by atoms with E-state index in [2.05, 4.69) is 193 Å². The molecule has 2 aromatic heterocycles. The Balaban J connectivity index is 1.18. The van der Waals surface area contributed by atoms with Gasteiger partial charge in [0.1, 0.15) is 11.2 Å². The van der Waals surface area contributed by atoms with E-state index >= 15 is 0 Å². The first-order valence-corrected chi connectivity index (χ1v) is 17.6. The lowest BCUT2D eigenvalue weighted by Crippen LogP contribution is -2.28. The highest BCUT2D eigenvalue weighted by Crippen LogP contribution is 2.57. The van der Waals surface area contributed by atoms with Crippen molar-refractivity contribution in [3.8, 4) is 27.9 Å². The fraction of sp³-hybridized carbons (Fsp3) is 0.0204. The third kappa shape index (κ3) is 3.87. The minimum atomic E-state index is -0.472. The Morgan fingerprint density at radius 1 is 0.392 bits per heavy atom. The van der Waals surface area contributed by atoms with Crippen LogP contribution >= 0.6 is 0 Å². The van der Waals surface area contributed by atoms with Crippen molar-refractivity contribution in [2.24, 2.45) is 0 Å². The van der Waals surface area contributed by atoms with Gasteiger partial charge in [-0.3, -0.25) is 0 Å². The lowest BCUT2D eigenvalue weighted by molar-refractivity contribution is 0.667. The van der Waals surface area contributed by atoms with Gasteiger partial charge in [-0.1, -0.05) is 152 Å². The summed E-state index contributed by atoms with van der Waals surface area (Å²) in [7, 11) is 0. The molecule has 2 nitrogen and oxygen atoms in total. The van der Waals surface area contributed by atoms with Gasteiger partial charge >= 0.3 is 0 Å². The average molecular weight is 650 g/mol. The fourth-order valence-electron chi connectivity index (χ4n) is 8.95. The molecule has 0 saturated carbocycles. The summed E-state index contributed by atoms with van der Waals surface area (Å²) in [5.74, 6) is 0. The number of benzene rings is 8. The maximum atomic E-state index is 7.01. The predicted octanol–water partition coefficient (Wildman–Crippen LogP) is 12.7. The monoisotopic (exact) mass is 649 g/mol. The van der Waals surface area contributed by atoms with Crippen LogP contribution in [0.5, 0.6) is 0 Å². The summed E-state index contributed by atoms with van der Waals surface area (Å²) in [6, 6.07) is 68.3. The summed E-state index contributed by atoms with van der Waals surface area (Å²) in [6.45, 7) is 0. The maximum absolute atomic E-state index is 7.01. The van der Waals surface area contributed by atoms with Crippen LogP contribution in [0.2, 0.25) is 0 Å². The Kier molecular flexibility index (Phi) is 5.91. The molecule has 0 atom stereocenters. The van der Waals surface area contributed by atoms with Crippen molar-refractivity contribution in [1.82, 2.24) is 4.57 Å². The molecule has 0 spiro atoms. The summed E-state index contributed by atoms with van der Waals surface area (Å²) in [4.78, 5) is 0. The predicted molar refractivity (Wildman–Crippen MR) is 211 cm³/mol. The number of nitrogens with zero attached hydrogens (tertiary/aromatic N) is 1. The number of hydrogen-bond acceptors (Lipinski definition) is 1. The Morgan fingerprint density at radius 3 is 1.80 bits per heavy atom. The number of hydrogen-bond donors (Lipinski definition) is 0. The third-order valence-electron chi connectivity index (χ3n) is 11.1. The largest absolute Gasteiger partial charge is 0.455 e. The Morgan fingerprint density at radius 2 is 1.02 bits per heavy atom. The van der Waals surface area contributed by atoms with Crippen LogP contribution in [-0.2, 0) is 5.41 Å². The van der Waals surface area contributed by atoms with Crippen LogP contribution < -0.4 is 0 Å². The van der Waals surface area contributed by atoms with E-state index in [1.54, 1.807) is 0 Å². The van der Waals surface area contributed by atoms with Crippen LogP contribution in [0.3, 0.4) is 0 Å². The SMILES string of the molecule is c1ccc(-n2c3ccccc3c3ccc(-c4cccc5c4oc4cc6c(cc45)-c4ccccc4C6(c4ccccc4)c4ccccc4)cc32)cc1. The molecule has 10 aromatic rings. The van der Waals surface area contributed by atoms with E-state index in [0.29, 0.717) is 0 Å². The van der Waals surface area contributed by atoms with E-state index < -0.39 is 5.41 Å². The molecule has 2 heterocycles. The van der Waals surface area contributed by atoms with E-state index in [1.807, 2.05) is 0 Å². The molecule has 0 amide bonds. The van der Waals surface area contributed by atoms with Gasteiger partial charge in [0.25, 0.3) is 0 Å². The van der Waals surface area contributed by atoms with Gasteiger partial charge in [0, 0.05) is 32.8 Å². The van der Waals surface area contributed by atoms with Crippen LogP contribution in [0, 0.1) is 0 Å². The van der Waals surface area contributed by atoms with Crippen LogP contribution in [0.1, 0.15) is 22.3 Å². The molecule has 2 heteroatoms. The van der Waals surface area contributed by atoms with Crippen LogP contribution in [0.15, 0.2) is 192 Å². The second-order valence-corrected chi connectivity index (χ2v) is 13.6. The van der Waals surface area contributed by atoms with Gasteiger partial charge in [-0.25, -0.2) is 0 Å². The number of aromatic nitrogens is 1. The minimum Gasteiger partial charge on any atom is -0.455 e. The van der Waals surface area contributed by atoms with E-state index in [1.165, 1.54) is 55.2 Å². The zero-order chi connectivity index (χ0) is 33.5. The molecule has 51 heavy (non-hydrogen) atoms. The molecule has 0 radical (unpaired) electrons. The van der Waals surface area contributed by atoms with Gasteiger partial charge in [-0.05, 0) is 75.3 Å². The number of fused-ring (bicyclic) bond motifs is 9. The molecule has 11 rings (SSSR count). The second-order valence-electron chi connectivity index (χ2n) is 13.6. The summed E-state index contributed by atoms with van der Waals surface area (Å²) in [5.41, 5.74) is 14.7. The Hall–Kier alpha value is -6.64. The topological polar surface area (TPSA) is 18.1 Å². The van der Waals surface area contributed by atoms with E-state index in [-0.39, 0.29) is 0 Å². The highest BCUT2D eigenvalue weighted by Gasteiger charge is 2.46. The highest BCUT2D eigenvalue weighted by atomic mass is 16.3. The standard InChI is InChI=1S/C49H31NO/c1-4-15-33(16-5-1)49(34-17-6-2-7-18-34)43-25-12-10-21-37(43)41-30-42-40-24-14-23-36(48(40)51-47(42)31-44(41)49)32-27-28-39-38-22-11-13-26-45(38)50(46(39)29-32)35-19-8-3-9-20-35/h1-31H. The van der Waals surface area contributed by atoms with Crippen molar-refractivity contribution in [2.45, 2.75) is 5.41 Å². The van der Waals surface area contributed by atoms with Gasteiger partial charge in [0.05, 0.1) is 16.4 Å². The lowest BCUT2D eigenvalue weighted by atomic mass is 9.67. The minimum absolute atomic E-state index is 0.472. The summed E-state index contributed by atoms with van der Waals surface area (Å²) >= 11 is 0. The molecule has 1 aliphatic rings. The van der Waals surface area contributed by atoms with Crippen LogP contribution in [0.4, 0.5) is 0 Å². The number of furan rings is 1. The molecular formula is C49H31NO. The number of para-hydroxylation sites is 3. The van der Waals surface area contributed by atoms with Crippen molar-refractivity contribution >= 4 is 43.7 Å². The van der Waals surface area contributed by atoms with Crippen molar-refractivity contribution in [3.05, 3.63) is 210 Å². The summed E-state index contributed by atoms with van der Waals surface area (Å²) in [6.07, 6.45) is 0. The van der Waals surface area contributed by atoms with Crippen LogP contribution in [0.25, 0.3) is 71.7 Å². The smallest absolute Gasteiger partial charge is 0.143 e. The Labute approximate surface area is 295 Å². The fourth-order valence-corrected chi connectivity index (χ4v) is 8.95. The first-order valence-electron chi connectivity index (χ1n) is 17.6. The normalized spacial score (nSPS) is 13.3. The molecule has 0 fully saturated rings. The maximum Gasteiger partial charge on any atom is 0.143 e. The van der Waals surface area contributed by atoms with E-state index in [4.69, 9.17) is 4.42 Å². The average Bonchev–Trinajstić information content (AvgIpc) is 3.84. The van der Waals surface area contributed by atoms with Gasteiger partial charge in [0.15, 0.2) is 0 Å².